The third-order valence-corrected chi connectivity index (χ3v) is 2.60. The summed E-state index contributed by atoms with van der Waals surface area (Å²) in [4.78, 5) is 20.9. The molecule has 0 atom stereocenters. The molecule has 2 aromatic carbocycles. The van der Waals surface area contributed by atoms with Crippen molar-refractivity contribution in [2.75, 3.05) is 0 Å². The van der Waals surface area contributed by atoms with Gasteiger partial charge in [0.05, 0.1) is 22.1 Å². The topological polar surface area (TPSA) is 113 Å². The van der Waals surface area contributed by atoms with Gasteiger partial charge in [0.25, 0.3) is 5.69 Å². The van der Waals surface area contributed by atoms with Gasteiger partial charge in [0, 0.05) is 6.07 Å². The van der Waals surface area contributed by atoms with Gasteiger partial charge in [-0.15, -0.1) is 0 Å². The van der Waals surface area contributed by atoms with Gasteiger partial charge in [-0.3, -0.25) is 10.1 Å². The van der Waals surface area contributed by atoms with E-state index in [2.05, 4.69) is 0 Å². The van der Waals surface area contributed by atoms with Gasteiger partial charge in [0.1, 0.15) is 17.6 Å². The molecule has 0 fully saturated rings. The fraction of sp³-hybridized carbons (Fsp3) is 0. The van der Waals surface area contributed by atoms with Crippen LogP contribution in [0.5, 0.6) is 11.5 Å². The quantitative estimate of drug-likeness (QED) is 0.682. The zero-order valence-electron chi connectivity index (χ0n) is 10.5. The van der Waals surface area contributed by atoms with E-state index in [9.17, 15) is 14.9 Å². The minimum Gasteiger partial charge on any atom is -0.478 e. The molecule has 0 spiro atoms. The fourth-order valence-corrected chi connectivity index (χ4v) is 1.63. The Bertz CT molecular complexity index is 764. The largest absolute Gasteiger partial charge is 0.478 e. The van der Waals surface area contributed by atoms with Crippen LogP contribution in [-0.4, -0.2) is 16.0 Å². The monoisotopic (exact) mass is 284 g/mol. The second kappa shape index (κ2) is 5.71. The Morgan fingerprint density at radius 1 is 1.29 bits per heavy atom. The van der Waals surface area contributed by atoms with Crippen molar-refractivity contribution in [3.05, 3.63) is 63.7 Å². The maximum atomic E-state index is 10.8. The summed E-state index contributed by atoms with van der Waals surface area (Å²) in [6.07, 6.45) is 0. The highest BCUT2D eigenvalue weighted by Gasteiger charge is 2.12. The van der Waals surface area contributed by atoms with Gasteiger partial charge in [-0.2, -0.15) is 5.26 Å². The molecule has 0 saturated heterocycles. The lowest BCUT2D eigenvalue weighted by Gasteiger charge is -2.07. The summed E-state index contributed by atoms with van der Waals surface area (Å²) in [6, 6.07) is 11.1. The molecule has 0 aliphatic carbocycles. The van der Waals surface area contributed by atoms with Crippen LogP contribution in [0.4, 0.5) is 5.69 Å². The highest BCUT2D eigenvalue weighted by Crippen LogP contribution is 2.28. The molecule has 0 amide bonds. The van der Waals surface area contributed by atoms with E-state index in [0.717, 1.165) is 0 Å². The van der Waals surface area contributed by atoms with Crippen molar-refractivity contribution in [3.63, 3.8) is 0 Å². The molecule has 0 aromatic heterocycles. The van der Waals surface area contributed by atoms with Gasteiger partial charge >= 0.3 is 5.97 Å². The van der Waals surface area contributed by atoms with Crippen molar-refractivity contribution in [2.45, 2.75) is 0 Å². The Kier molecular flexibility index (Phi) is 3.81. The van der Waals surface area contributed by atoms with E-state index in [1.165, 1.54) is 42.5 Å². The first-order chi connectivity index (χ1) is 10.0. The Morgan fingerprint density at radius 3 is 2.67 bits per heavy atom. The number of hydrogen-bond donors (Lipinski definition) is 1. The average Bonchev–Trinajstić information content (AvgIpc) is 2.47. The number of nitro groups is 1. The molecular weight excluding hydrogens is 276 g/mol. The van der Waals surface area contributed by atoms with Crippen LogP contribution in [-0.2, 0) is 0 Å². The van der Waals surface area contributed by atoms with Crippen LogP contribution in [0, 0.1) is 21.4 Å². The summed E-state index contributed by atoms with van der Waals surface area (Å²) in [5.74, 6) is -0.847. The molecule has 0 heterocycles. The van der Waals surface area contributed by atoms with E-state index < -0.39 is 10.9 Å². The summed E-state index contributed by atoms with van der Waals surface area (Å²) in [5.41, 5.74) is -0.160. The van der Waals surface area contributed by atoms with Crippen LogP contribution >= 0.6 is 0 Å². The number of rotatable bonds is 4. The fourth-order valence-electron chi connectivity index (χ4n) is 1.63. The second-order valence-electron chi connectivity index (χ2n) is 3.98. The third kappa shape index (κ3) is 3.13. The number of carboxylic acid groups (broad SMARTS) is 1. The molecule has 0 aliphatic heterocycles. The SMILES string of the molecule is N#Cc1cc(C(=O)O)ccc1Oc1cccc([N+](=O)[O-])c1. The summed E-state index contributed by atoms with van der Waals surface area (Å²) in [5, 5.41) is 28.6. The van der Waals surface area contributed by atoms with E-state index in [0.29, 0.717) is 0 Å². The number of nitro benzene ring substituents is 1. The lowest BCUT2D eigenvalue weighted by Crippen LogP contribution is -1.98. The second-order valence-corrected chi connectivity index (χ2v) is 3.98. The molecule has 2 rings (SSSR count). The molecule has 1 N–H and O–H groups in total. The maximum Gasteiger partial charge on any atom is 0.335 e. The van der Waals surface area contributed by atoms with Gasteiger partial charge in [-0.25, -0.2) is 4.79 Å². The molecular formula is C14H8N2O5. The van der Waals surface area contributed by atoms with Crippen LogP contribution < -0.4 is 4.74 Å². The lowest BCUT2D eigenvalue weighted by molar-refractivity contribution is -0.384. The standard InChI is InChI=1S/C14H8N2O5/c15-8-10-6-9(14(17)18)4-5-13(10)21-12-3-1-2-11(7-12)16(19)20/h1-7H,(H,17,18). The number of hydrogen-bond acceptors (Lipinski definition) is 5. The highest BCUT2D eigenvalue weighted by atomic mass is 16.6. The van der Waals surface area contributed by atoms with Crippen molar-refractivity contribution in [1.82, 2.24) is 0 Å². The van der Waals surface area contributed by atoms with Gasteiger partial charge in [-0.1, -0.05) is 6.07 Å². The first-order valence-corrected chi connectivity index (χ1v) is 5.71. The van der Waals surface area contributed by atoms with Gasteiger partial charge in [0.2, 0.25) is 0 Å². The van der Waals surface area contributed by atoms with Crippen LogP contribution in [0.3, 0.4) is 0 Å². The number of carbonyl (C=O) groups is 1. The smallest absolute Gasteiger partial charge is 0.335 e. The van der Waals surface area contributed by atoms with Crippen LogP contribution in [0.2, 0.25) is 0 Å². The van der Waals surface area contributed by atoms with Crippen LogP contribution in [0.1, 0.15) is 15.9 Å². The lowest BCUT2D eigenvalue weighted by atomic mass is 10.1. The van der Waals surface area contributed by atoms with E-state index >= 15 is 0 Å². The Hall–Kier alpha value is -3.40. The average molecular weight is 284 g/mol. The molecule has 0 unspecified atom stereocenters. The summed E-state index contributed by atoms with van der Waals surface area (Å²) < 4.78 is 5.41. The normalized spacial score (nSPS) is 9.67. The molecule has 7 nitrogen and oxygen atoms in total. The Labute approximate surface area is 118 Å². The molecule has 2 aromatic rings. The van der Waals surface area contributed by atoms with E-state index in [1.807, 2.05) is 6.07 Å². The van der Waals surface area contributed by atoms with Crippen LogP contribution in [0.25, 0.3) is 0 Å². The van der Waals surface area contributed by atoms with Crippen molar-refractivity contribution in [2.24, 2.45) is 0 Å². The van der Waals surface area contributed by atoms with E-state index in [-0.39, 0.29) is 28.3 Å². The number of non-ortho nitro benzene ring substituents is 1. The Morgan fingerprint density at radius 2 is 2.05 bits per heavy atom. The molecule has 0 radical (unpaired) electrons. The first-order valence-electron chi connectivity index (χ1n) is 5.71. The van der Waals surface area contributed by atoms with Gasteiger partial charge in [-0.05, 0) is 24.3 Å². The highest BCUT2D eigenvalue weighted by molar-refractivity contribution is 5.88. The molecule has 0 aliphatic rings. The number of nitrogens with zero attached hydrogens (tertiary/aromatic N) is 2. The Balaban J connectivity index is 2.36. The molecule has 21 heavy (non-hydrogen) atoms. The molecule has 0 bridgehead atoms. The van der Waals surface area contributed by atoms with Crippen molar-refractivity contribution < 1.29 is 19.6 Å². The number of aromatic carboxylic acids is 1. The van der Waals surface area contributed by atoms with Gasteiger partial charge in [0.15, 0.2) is 0 Å². The van der Waals surface area contributed by atoms with Crippen LogP contribution in [0.15, 0.2) is 42.5 Å². The minimum atomic E-state index is -1.16. The van der Waals surface area contributed by atoms with Crippen molar-refractivity contribution in [1.29, 1.82) is 5.26 Å². The van der Waals surface area contributed by atoms with Gasteiger partial charge < -0.3 is 9.84 Å². The van der Waals surface area contributed by atoms with E-state index in [4.69, 9.17) is 15.1 Å². The number of ether oxygens (including phenoxy) is 1. The van der Waals surface area contributed by atoms with Crippen molar-refractivity contribution >= 4 is 11.7 Å². The summed E-state index contributed by atoms with van der Waals surface area (Å²) in [6.45, 7) is 0. The van der Waals surface area contributed by atoms with Crippen molar-refractivity contribution in [3.8, 4) is 17.6 Å². The molecule has 7 heteroatoms. The maximum absolute atomic E-state index is 10.8. The number of carboxylic acids is 1. The zero-order chi connectivity index (χ0) is 15.4. The summed E-state index contributed by atoms with van der Waals surface area (Å²) in [7, 11) is 0. The molecule has 104 valence electrons. The number of nitriles is 1. The summed E-state index contributed by atoms with van der Waals surface area (Å²) >= 11 is 0. The number of benzene rings is 2. The predicted octanol–water partition coefficient (Wildman–Crippen LogP) is 2.96. The predicted molar refractivity (Wildman–Crippen MR) is 71.3 cm³/mol. The first kappa shape index (κ1) is 14.0. The minimum absolute atomic E-state index is 0.0291. The third-order valence-electron chi connectivity index (χ3n) is 2.60. The molecule has 0 saturated carbocycles. The van der Waals surface area contributed by atoms with E-state index in [1.54, 1.807) is 0 Å². The zero-order valence-corrected chi connectivity index (χ0v) is 10.5.